The highest BCUT2D eigenvalue weighted by Gasteiger charge is 2.08. The fourth-order valence-electron chi connectivity index (χ4n) is 2.41. The van der Waals surface area contributed by atoms with Crippen LogP contribution < -0.4 is 15.6 Å². The summed E-state index contributed by atoms with van der Waals surface area (Å²) in [5.74, 6) is 0.832. The summed E-state index contributed by atoms with van der Waals surface area (Å²) in [6.45, 7) is 1.77. The Morgan fingerprint density at radius 2 is 1.92 bits per heavy atom. The minimum atomic E-state index is -0.343. The zero-order chi connectivity index (χ0) is 18.5. The Morgan fingerprint density at radius 3 is 2.58 bits per heavy atom. The van der Waals surface area contributed by atoms with Crippen LogP contribution in [0.4, 0.5) is 5.82 Å². The molecule has 0 aliphatic heterocycles. The highest BCUT2D eigenvalue weighted by atomic mass is 16.5. The van der Waals surface area contributed by atoms with Crippen molar-refractivity contribution in [2.24, 2.45) is 0 Å². The van der Waals surface area contributed by atoms with Crippen LogP contribution in [0.2, 0.25) is 0 Å². The molecule has 0 radical (unpaired) electrons. The second-order valence-electron chi connectivity index (χ2n) is 5.74. The second kappa shape index (κ2) is 7.60. The van der Waals surface area contributed by atoms with Gasteiger partial charge < -0.3 is 10.1 Å². The van der Waals surface area contributed by atoms with Crippen LogP contribution in [0, 0.1) is 6.92 Å². The number of nitrogens with zero attached hydrogens (tertiary/aromatic N) is 3. The number of carbonyl (C=O) groups is 1. The van der Waals surface area contributed by atoms with Crippen molar-refractivity contribution in [3.63, 3.8) is 0 Å². The van der Waals surface area contributed by atoms with E-state index in [1.54, 1.807) is 31.5 Å². The van der Waals surface area contributed by atoms with Crippen LogP contribution in [0.5, 0.6) is 5.75 Å². The molecule has 1 N–H and O–H groups in total. The topological polar surface area (TPSA) is 86.1 Å². The number of rotatable bonds is 5. The molecular formula is C19H18N4O3. The van der Waals surface area contributed by atoms with E-state index in [1.807, 2.05) is 25.1 Å². The smallest absolute Gasteiger partial charge is 0.254 e. The van der Waals surface area contributed by atoms with Gasteiger partial charge in [-0.1, -0.05) is 0 Å². The third-order valence-electron chi connectivity index (χ3n) is 3.76. The number of benzene rings is 1. The average molecular weight is 350 g/mol. The molecule has 0 spiro atoms. The number of amides is 1. The third-order valence-corrected chi connectivity index (χ3v) is 3.76. The molecule has 1 amide bonds. The molecule has 2 heterocycles. The van der Waals surface area contributed by atoms with Crippen LogP contribution in [-0.2, 0) is 11.3 Å². The molecule has 0 saturated heterocycles. The van der Waals surface area contributed by atoms with Crippen molar-refractivity contribution < 1.29 is 9.53 Å². The van der Waals surface area contributed by atoms with E-state index >= 15 is 0 Å². The van der Waals surface area contributed by atoms with Gasteiger partial charge in [0.2, 0.25) is 5.91 Å². The van der Waals surface area contributed by atoms with E-state index in [0.29, 0.717) is 11.5 Å². The van der Waals surface area contributed by atoms with Gasteiger partial charge in [-0.2, -0.15) is 0 Å². The molecule has 0 aliphatic carbocycles. The number of hydrogen-bond acceptors (Lipinski definition) is 5. The van der Waals surface area contributed by atoms with Gasteiger partial charge in [0, 0.05) is 17.8 Å². The van der Waals surface area contributed by atoms with Crippen molar-refractivity contribution in [1.82, 2.24) is 14.5 Å². The van der Waals surface area contributed by atoms with E-state index in [9.17, 15) is 9.59 Å². The predicted octanol–water partition coefficient (Wildman–Crippen LogP) is 2.26. The summed E-state index contributed by atoms with van der Waals surface area (Å²) < 4.78 is 6.36. The van der Waals surface area contributed by atoms with E-state index in [-0.39, 0.29) is 18.0 Å². The maximum Gasteiger partial charge on any atom is 0.254 e. The maximum absolute atomic E-state index is 12.3. The summed E-state index contributed by atoms with van der Waals surface area (Å²) in [6.07, 6.45) is 2.98. The molecule has 7 nitrogen and oxygen atoms in total. The predicted molar refractivity (Wildman–Crippen MR) is 98.1 cm³/mol. The van der Waals surface area contributed by atoms with Crippen LogP contribution >= 0.6 is 0 Å². The first-order chi connectivity index (χ1) is 12.5. The van der Waals surface area contributed by atoms with Crippen molar-refractivity contribution in [3.8, 4) is 17.0 Å². The highest BCUT2D eigenvalue weighted by Crippen LogP contribution is 2.19. The molecular weight excluding hydrogens is 332 g/mol. The molecule has 0 fully saturated rings. The lowest BCUT2D eigenvalue weighted by Crippen LogP contribution is -2.27. The lowest BCUT2D eigenvalue weighted by atomic mass is 10.1. The summed E-state index contributed by atoms with van der Waals surface area (Å²) in [7, 11) is 1.59. The first-order valence-corrected chi connectivity index (χ1v) is 7.98. The van der Waals surface area contributed by atoms with Gasteiger partial charge >= 0.3 is 0 Å². The third kappa shape index (κ3) is 4.13. The SMILES string of the molecule is COc1ccc(-c2cc(=O)n(CC(=O)Nc3cc(C)ccn3)cn2)cc1. The Balaban J connectivity index is 1.73. The number of nitrogens with one attached hydrogen (secondary N) is 1. The molecule has 0 saturated carbocycles. The van der Waals surface area contributed by atoms with E-state index < -0.39 is 0 Å². The van der Waals surface area contributed by atoms with Crippen molar-refractivity contribution in [2.45, 2.75) is 13.5 Å². The summed E-state index contributed by atoms with van der Waals surface area (Å²) in [5, 5.41) is 2.67. The summed E-state index contributed by atoms with van der Waals surface area (Å²) in [4.78, 5) is 32.7. The quantitative estimate of drug-likeness (QED) is 0.763. The number of aryl methyl sites for hydroxylation is 1. The number of pyridine rings is 1. The molecule has 0 unspecified atom stereocenters. The number of aromatic nitrogens is 3. The standard InChI is InChI=1S/C19H18N4O3/c1-13-7-8-20-17(9-13)22-18(24)11-23-12-21-16(10-19(23)25)14-3-5-15(26-2)6-4-14/h3-10,12H,11H2,1-2H3,(H,20,22,24). The van der Waals surface area contributed by atoms with Crippen molar-refractivity contribution in [3.05, 3.63) is 70.9 Å². The van der Waals surface area contributed by atoms with Gasteiger partial charge in [0.1, 0.15) is 18.1 Å². The van der Waals surface area contributed by atoms with Gasteiger partial charge in [-0.15, -0.1) is 0 Å². The van der Waals surface area contributed by atoms with Gasteiger partial charge in [-0.05, 0) is 48.9 Å². The lowest BCUT2D eigenvalue weighted by molar-refractivity contribution is -0.116. The number of anilines is 1. The lowest BCUT2D eigenvalue weighted by Gasteiger charge is -2.08. The average Bonchev–Trinajstić information content (AvgIpc) is 2.63. The molecule has 7 heteroatoms. The first kappa shape index (κ1) is 17.3. The fourth-order valence-corrected chi connectivity index (χ4v) is 2.41. The zero-order valence-corrected chi connectivity index (χ0v) is 14.5. The Bertz CT molecular complexity index is 981. The molecule has 3 aromatic rings. The Hall–Kier alpha value is -3.48. The molecule has 26 heavy (non-hydrogen) atoms. The molecule has 0 atom stereocenters. The Kier molecular flexibility index (Phi) is 5.07. The molecule has 3 rings (SSSR count). The molecule has 0 aliphatic rings. The van der Waals surface area contributed by atoms with Crippen LogP contribution in [0.1, 0.15) is 5.56 Å². The van der Waals surface area contributed by atoms with Crippen LogP contribution in [-0.4, -0.2) is 27.6 Å². The number of hydrogen-bond donors (Lipinski definition) is 1. The van der Waals surface area contributed by atoms with Gasteiger partial charge in [0.25, 0.3) is 5.56 Å². The van der Waals surface area contributed by atoms with Crippen molar-refractivity contribution >= 4 is 11.7 Å². The normalized spacial score (nSPS) is 10.4. The number of carbonyl (C=O) groups excluding carboxylic acids is 1. The van der Waals surface area contributed by atoms with Crippen molar-refractivity contribution in [1.29, 1.82) is 0 Å². The molecule has 2 aromatic heterocycles. The van der Waals surface area contributed by atoms with E-state index in [4.69, 9.17) is 4.74 Å². The summed E-state index contributed by atoms with van der Waals surface area (Å²) >= 11 is 0. The van der Waals surface area contributed by atoms with Gasteiger partial charge in [0.15, 0.2) is 0 Å². The van der Waals surface area contributed by atoms with Gasteiger partial charge in [-0.25, -0.2) is 9.97 Å². The molecule has 0 bridgehead atoms. The van der Waals surface area contributed by atoms with Crippen LogP contribution in [0.3, 0.4) is 0 Å². The largest absolute Gasteiger partial charge is 0.497 e. The van der Waals surface area contributed by atoms with Crippen LogP contribution in [0.15, 0.2) is 59.8 Å². The van der Waals surface area contributed by atoms with E-state index in [2.05, 4.69) is 15.3 Å². The minimum absolute atomic E-state index is 0.135. The fraction of sp³-hybridized carbons (Fsp3) is 0.158. The van der Waals surface area contributed by atoms with Gasteiger partial charge in [-0.3, -0.25) is 14.2 Å². The maximum atomic E-state index is 12.3. The highest BCUT2D eigenvalue weighted by molar-refractivity contribution is 5.89. The van der Waals surface area contributed by atoms with E-state index in [1.165, 1.54) is 17.0 Å². The minimum Gasteiger partial charge on any atom is -0.497 e. The van der Waals surface area contributed by atoms with E-state index in [0.717, 1.165) is 16.9 Å². The van der Waals surface area contributed by atoms with Crippen LogP contribution in [0.25, 0.3) is 11.3 Å². The first-order valence-electron chi connectivity index (χ1n) is 7.98. The van der Waals surface area contributed by atoms with Crippen molar-refractivity contribution in [2.75, 3.05) is 12.4 Å². The summed E-state index contributed by atoms with van der Waals surface area (Å²) in [6, 6.07) is 12.2. The molecule has 1 aromatic carbocycles. The van der Waals surface area contributed by atoms with Gasteiger partial charge in [0.05, 0.1) is 19.1 Å². The second-order valence-corrected chi connectivity index (χ2v) is 5.74. The Morgan fingerprint density at radius 1 is 1.15 bits per heavy atom. The molecule has 132 valence electrons. The number of ether oxygens (including phenoxy) is 1. The summed E-state index contributed by atoms with van der Waals surface area (Å²) in [5.41, 5.74) is 2.01. The number of methoxy groups -OCH3 is 1. The zero-order valence-electron chi connectivity index (χ0n) is 14.5. The Labute approximate surface area is 150 Å². The monoisotopic (exact) mass is 350 g/mol.